The second kappa shape index (κ2) is 67.6. The molecule has 458 valence electrons. The number of esters is 3. The average molecular weight is 1110 g/mol. The molecular weight excluding hydrogens is 985 g/mol. The molecule has 0 bridgehead atoms. The van der Waals surface area contributed by atoms with Crippen LogP contribution in [0.1, 0.15) is 323 Å². The first-order valence-corrected chi connectivity index (χ1v) is 33.9. The quantitative estimate of drug-likeness (QED) is 0.0261. The molecule has 1 unspecified atom stereocenters. The van der Waals surface area contributed by atoms with Gasteiger partial charge in [-0.2, -0.15) is 0 Å². The lowest BCUT2D eigenvalue weighted by molar-refractivity contribution is -0.167. The molecule has 0 spiro atoms. The second-order valence-electron chi connectivity index (χ2n) is 22.3. The number of hydrogen-bond donors (Lipinski definition) is 0. The first-order valence-electron chi connectivity index (χ1n) is 33.9. The molecule has 0 saturated heterocycles. The van der Waals surface area contributed by atoms with Crippen LogP contribution in [0.3, 0.4) is 0 Å². The van der Waals surface area contributed by atoms with Crippen LogP contribution in [0, 0.1) is 0 Å². The number of unbranched alkanes of at least 4 members (excludes halogenated alkanes) is 32. The number of carbonyl (C=O) groups is 3. The van der Waals surface area contributed by atoms with Crippen LogP contribution < -0.4 is 0 Å². The predicted octanol–water partition coefficient (Wildman–Crippen LogP) is 23.4. The number of rotatable bonds is 61. The van der Waals surface area contributed by atoms with Crippen LogP contribution in [0.2, 0.25) is 0 Å². The van der Waals surface area contributed by atoms with Gasteiger partial charge in [0.25, 0.3) is 0 Å². The molecule has 0 aliphatic heterocycles. The fourth-order valence-corrected chi connectivity index (χ4v) is 9.49. The van der Waals surface area contributed by atoms with E-state index in [-0.39, 0.29) is 31.1 Å². The Morgan fingerprint density at radius 2 is 0.487 bits per heavy atom. The van der Waals surface area contributed by atoms with Crippen LogP contribution in [0.25, 0.3) is 0 Å². The van der Waals surface area contributed by atoms with Crippen molar-refractivity contribution in [3.63, 3.8) is 0 Å². The highest BCUT2D eigenvalue weighted by molar-refractivity contribution is 5.71. The molecule has 0 aromatic heterocycles. The Hall–Kier alpha value is -3.93. The van der Waals surface area contributed by atoms with Gasteiger partial charge in [0, 0.05) is 19.3 Å². The van der Waals surface area contributed by atoms with E-state index in [1.165, 1.54) is 154 Å². The zero-order valence-corrected chi connectivity index (χ0v) is 52.6. The van der Waals surface area contributed by atoms with Crippen LogP contribution in [0.5, 0.6) is 0 Å². The van der Waals surface area contributed by atoms with Crippen molar-refractivity contribution in [2.24, 2.45) is 0 Å². The Morgan fingerprint density at radius 3 is 0.775 bits per heavy atom. The van der Waals surface area contributed by atoms with Crippen molar-refractivity contribution in [3.05, 3.63) is 109 Å². The van der Waals surface area contributed by atoms with Crippen molar-refractivity contribution >= 4 is 17.9 Å². The molecule has 1 atom stereocenters. The fraction of sp³-hybridized carbons (Fsp3) is 0.716. The van der Waals surface area contributed by atoms with Gasteiger partial charge >= 0.3 is 17.9 Å². The van der Waals surface area contributed by atoms with Gasteiger partial charge in [0.1, 0.15) is 13.2 Å². The van der Waals surface area contributed by atoms with Crippen molar-refractivity contribution in [2.75, 3.05) is 13.2 Å². The Labute approximate surface area is 495 Å². The minimum Gasteiger partial charge on any atom is -0.462 e. The van der Waals surface area contributed by atoms with Crippen molar-refractivity contribution in [2.45, 2.75) is 329 Å². The SMILES string of the molecule is CC/C=C\C/C=C\C/C=C\C/C=C\CCCCCCCCCCCCCCCCCCCCC(=O)OCC(COC(=O)CCCCCCC/C=C\CCC)OC(=O)CCCCCCCCCC/C=C\C/C=C\C/C=C\C/C=C\CC. The van der Waals surface area contributed by atoms with E-state index in [0.717, 1.165) is 128 Å². The molecule has 80 heavy (non-hydrogen) atoms. The molecule has 0 heterocycles. The summed E-state index contributed by atoms with van der Waals surface area (Å²) < 4.78 is 16.9. The van der Waals surface area contributed by atoms with E-state index in [1.807, 2.05) is 0 Å². The van der Waals surface area contributed by atoms with E-state index in [9.17, 15) is 14.4 Å². The molecule has 0 aromatic carbocycles. The van der Waals surface area contributed by atoms with Gasteiger partial charge < -0.3 is 14.2 Å². The molecule has 0 amide bonds. The molecule has 0 N–H and O–H groups in total. The first kappa shape index (κ1) is 76.1. The zero-order chi connectivity index (χ0) is 57.8. The van der Waals surface area contributed by atoms with Gasteiger partial charge in [-0.05, 0) is 116 Å². The second-order valence-corrected chi connectivity index (χ2v) is 22.3. The normalized spacial score (nSPS) is 12.8. The number of hydrogen-bond acceptors (Lipinski definition) is 6. The lowest BCUT2D eigenvalue weighted by Gasteiger charge is -2.18. The topological polar surface area (TPSA) is 78.9 Å². The van der Waals surface area contributed by atoms with Crippen LogP contribution in [-0.2, 0) is 28.6 Å². The highest BCUT2D eigenvalue weighted by Crippen LogP contribution is 2.17. The van der Waals surface area contributed by atoms with Gasteiger partial charge in [-0.25, -0.2) is 0 Å². The van der Waals surface area contributed by atoms with Gasteiger partial charge in [-0.1, -0.05) is 297 Å². The van der Waals surface area contributed by atoms with E-state index < -0.39 is 6.10 Å². The van der Waals surface area contributed by atoms with Crippen molar-refractivity contribution < 1.29 is 28.6 Å². The Balaban J connectivity index is 4.16. The molecule has 0 aliphatic carbocycles. The molecule has 6 nitrogen and oxygen atoms in total. The molecule has 0 fully saturated rings. The zero-order valence-electron chi connectivity index (χ0n) is 52.6. The third-order valence-electron chi connectivity index (χ3n) is 14.5. The van der Waals surface area contributed by atoms with E-state index in [4.69, 9.17) is 14.2 Å². The fourth-order valence-electron chi connectivity index (χ4n) is 9.49. The lowest BCUT2D eigenvalue weighted by atomic mass is 10.0. The average Bonchev–Trinajstić information content (AvgIpc) is 3.46. The molecule has 6 heteroatoms. The summed E-state index contributed by atoms with van der Waals surface area (Å²) in [5, 5.41) is 0. The summed E-state index contributed by atoms with van der Waals surface area (Å²) in [6.45, 7) is 6.37. The summed E-state index contributed by atoms with van der Waals surface area (Å²) in [6.07, 6.45) is 92.7. The van der Waals surface area contributed by atoms with Gasteiger partial charge in [0.15, 0.2) is 6.10 Å². The molecular formula is C74H126O6. The molecule has 0 aromatic rings. The van der Waals surface area contributed by atoms with Crippen LogP contribution in [0.15, 0.2) is 109 Å². The van der Waals surface area contributed by atoms with E-state index in [2.05, 4.69) is 130 Å². The lowest BCUT2D eigenvalue weighted by Crippen LogP contribution is -2.30. The Kier molecular flexibility index (Phi) is 64.3. The third kappa shape index (κ3) is 64.9. The predicted molar refractivity (Wildman–Crippen MR) is 348 cm³/mol. The van der Waals surface area contributed by atoms with Crippen molar-refractivity contribution in [1.29, 1.82) is 0 Å². The van der Waals surface area contributed by atoms with Crippen LogP contribution >= 0.6 is 0 Å². The van der Waals surface area contributed by atoms with Gasteiger partial charge in [-0.3, -0.25) is 14.4 Å². The maximum Gasteiger partial charge on any atom is 0.306 e. The summed E-state index contributed by atoms with van der Waals surface area (Å²) in [7, 11) is 0. The summed E-state index contributed by atoms with van der Waals surface area (Å²) in [5.41, 5.74) is 0. The highest BCUT2D eigenvalue weighted by atomic mass is 16.6. The summed E-state index contributed by atoms with van der Waals surface area (Å²) in [5.74, 6) is -0.890. The van der Waals surface area contributed by atoms with Crippen molar-refractivity contribution in [1.82, 2.24) is 0 Å². The number of allylic oxidation sites excluding steroid dienone is 18. The monoisotopic (exact) mass is 1110 g/mol. The Bertz CT molecular complexity index is 1610. The number of carbonyl (C=O) groups excluding carboxylic acids is 3. The maximum absolute atomic E-state index is 12.9. The van der Waals surface area contributed by atoms with E-state index >= 15 is 0 Å². The van der Waals surface area contributed by atoms with Crippen LogP contribution in [-0.4, -0.2) is 37.2 Å². The summed E-state index contributed by atoms with van der Waals surface area (Å²) >= 11 is 0. The Morgan fingerprint density at radius 1 is 0.263 bits per heavy atom. The number of ether oxygens (including phenoxy) is 3. The molecule has 0 aliphatic rings. The van der Waals surface area contributed by atoms with E-state index in [0.29, 0.717) is 19.3 Å². The smallest absolute Gasteiger partial charge is 0.306 e. The molecule has 0 rings (SSSR count). The summed E-state index contributed by atoms with van der Waals surface area (Å²) in [6, 6.07) is 0. The standard InChI is InChI=1S/C74H126O6/c1-4-7-10-13-16-19-22-24-26-28-30-32-33-34-35-36-37-38-39-40-41-43-44-46-48-50-52-55-58-61-64-67-73(76)79-70-71(69-78-72(75)66-63-60-57-54-21-18-15-12-9-6-3)80-74(77)68-65-62-59-56-53-51-49-47-45-42-31-29-27-25-23-20-17-14-11-8-5-2/h7-8,10-12,15-17,19-20,24-27,30-32,42,71H,4-6,9,13-14,18,21-23,28-29,33-41,43-70H2,1-3H3/b10-7-,11-8-,15-12-,19-16-,20-17-,26-24-,27-25-,32-30-,42-31-. The van der Waals surface area contributed by atoms with E-state index in [1.54, 1.807) is 0 Å². The van der Waals surface area contributed by atoms with Crippen LogP contribution in [0.4, 0.5) is 0 Å². The van der Waals surface area contributed by atoms with Gasteiger partial charge in [0.2, 0.25) is 0 Å². The third-order valence-corrected chi connectivity index (χ3v) is 14.5. The highest BCUT2D eigenvalue weighted by Gasteiger charge is 2.19. The maximum atomic E-state index is 12.9. The first-order chi connectivity index (χ1) is 39.5. The van der Waals surface area contributed by atoms with Gasteiger partial charge in [-0.15, -0.1) is 0 Å². The summed E-state index contributed by atoms with van der Waals surface area (Å²) in [4.78, 5) is 38.3. The molecule has 0 radical (unpaired) electrons. The molecule has 0 saturated carbocycles. The van der Waals surface area contributed by atoms with Crippen molar-refractivity contribution in [3.8, 4) is 0 Å². The minimum absolute atomic E-state index is 0.0819. The minimum atomic E-state index is -0.786. The largest absolute Gasteiger partial charge is 0.462 e. The van der Waals surface area contributed by atoms with Gasteiger partial charge in [0.05, 0.1) is 0 Å².